The number of carboxylic acids is 1. The van der Waals surface area contributed by atoms with Crippen LogP contribution in [0.3, 0.4) is 0 Å². The van der Waals surface area contributed by atoms with E-state index in [2.05, 4.69) is 26.0 Å². The molecule has 0 amide bonds. The van der Waals surface area contributed by atoms with Gasteiger partial charge in [-0.2, -0.15) is 0 Å². The third-order valence-electron chi connectivity index (χ3n) is 10.0. The fourth-order valence-corrected chi connectivity index (χ4v) is 6.48. The highest BCUT2D eigenvalue weighted by atomic mass is 16.6. The Morgan fingerprint density at radius 2 is 0.966 bits per heavy atom. The van der Waals surface area contributed by atoms with Crippen molar-refractivity contribution in [3.8, 4) is 0 Å². The highest BCUT2D eigenvalue weighted by Crippen LogP contribution is 2.15. The predicted molar refractivity (Wildman–Crippen MR) is 243 cm³/mol. The van der Waals surface area contributed by atoms with Crippen molar-refractivity contribution in [1.82, 2.24) is 0 Å². The van der Waals surface area contributed by atoms with Crippen molar-refractivity contribution in [2.45, 2.75) is 187 Å². The molecule has 2 unspecified atom stereocenters. The van der Waals surface area contributed by atoms with Crippen LogP contribution in [0.1, 0.15) is 174 Å². The average Bonchev–Trinajstić information content (AvgIpc) is 3.18. The summed E-state index contributed by atoms with van der Waals surface area (Å²) in [7, 11) is 5.51. The second-order valence-corrected chi connectivity index (χ2v) is 16.4. The lowest BCUT2D eigenvalue weighted by molar-refractivity contribution is -0.887. The first-order valence-corrected chi connectivity index (χ1v) is 23.1. The number of carboxylic acid groups (broad SMARTS) is 1. The molecule has 0 aromatic carbocycles. The van der Waals surface area contributed by atoms with Gasteiger partial charge in [-0.3, -0.25) is 9.59 Å². The van der Waals surface area contributed by atoms with Crippen molar-refractivity contribution in [2.24, 2.45) is 0 Å². The van der Waals surface area contributed by atoms with Gasteiger partial charge in [0.2, 0.25) is 0 Å². The van der Waals surface area contributed by atoms with E-state index in [1.807, 2.05) is 81.9 Å². The summed E-state index contributed by atoms with van der Waals surface area (Å²) in [5, 5.41) is 9.63. The Hall–Kier alpha value is -3.23. The Balaban J connectivity index is 4.40. The van der Waals surface area contributed by atoms with E-state index < -0.39 is 18.1 Å². The van der Waals surface area contributed by atoms with E-state index in [0.717, 1.165) is 51.4 Å². The molecule has 0 aromatic rings. The third kappa shape index (κ3) is 38.3. The largest absolute Gasteiger partial charge is 0.477 e. The molecule has 1 N–H and O–H groups in total. The fraction of sp³-hybridized carbons (Fsp3) is 0.700. The maximum Gasteiger partial charge on any atom is 0.362 e. The van der Waals surface area contributed by atoms with Gasteiger partial charge in [0.25, 0.3) is 0 Å². The maximum absolute atomic E-state index is 12.7. The first kappa shape index (κ1) is 54.8. The summed E-state index contributed by atoms with van der Waals surface area (Å²) >= 11 is 0. The summed E-state index contributed by atoms with van der Waals surface area (Å²) in [5.41, 5.74) is 0. The molecule has 2 atom stereocenters. The first-order valence-electron chi connectivity index (χ1n) is 23.1. The highest BCUT2D eigenvalue weighted by Gasteiger charge is 2.31. The van der Waals surface area contributed by atoms with Gasteiger partial charge >= 0.3 is 17.9 Å². The smallest absolute Gasteiger partial charge is 0.362 e. The van der Waals surface area contributed by atoms with Gasteiger partial charge in [0.1, 0.15) is 6.61 Å². The number of carbonyl (C=O) groups is 3. The van der Waals surface area contributed by atoms with Gasteiger partial charge < -0.3 is 23.8 Å². The molecule has 0 saturated carbocycles. The van der Waals surface area contributed by atoms with Crippen LogP contribution in [0.5, 0.6) is 0 Å². The minimum atomic E-state index is -0.883. The number of likely N-dealkylation sites (N-methyl/N-ethyl adjacent to an activating group) is 1. The van der Waals surface area contributed by atoms with Crippen molar-refractivity contribution in [3.63, 3.8) is 0 Å². The van der Waals surface area contributed by atoms with E-state index in [1.165, 1.54) is 89.9 Å². The number of ether oxygens (including phenoxy) is 3. The van der Waals surface area contributed by atoms with E-state index in [4.69, 9.17) is 14.2 Å². The summed E-state index contributed by atoms with van der Waals surface area (Å²) < 4.78 is 17.3. The number of aliphatic carboxylic acids is 1. The Morgan fingerprint density at radius 3 is 1.43 bits per heavy atom. The predicted octanol–water partition coefficient (Wildman–Crippen LogP) is 12.7. The Morgan fingerprint density at radius 1 is 0.534 bits per heavy atom. The molecule has 0 rings (SSSR count). The molecule has 0 fully saturated rings. The molecule has 0 spiro atoms. The van der Waals surface area contributed by atoms with Gasteiger partial charge in [0.05, 0.1) is 34.4 Å². The standard InChI is InChI=1S/C50H85NO7/c1-6-8-10-12-14-16-18-20-22-24-26-28-30-32-34-36-38-40-48(52)57-45-46(44-56-43-42-47(50(54)55)51(3,4)5)58-49(53)41-39-37-35-33-31-29-27-25-23-21-19-17-15-13-11-9-7-2/h8,10,12,14,16,18,20,22,24,26,28,30,46-47H,6-7,9,11,13,15,17,19,21,23,25,27,29,31-45H2,1-5H3/p+1/b10-8+,14-12+,18-16+,22-20+,26-24+,30-28+. The monoisotopic (exact) mass is 813 g/mol. The number of allylic oxidation sites excluding steroid dienone is 12. The van der Waals surface area contributed by atoms with Crippen LogP contribution in [-0.4, -0.2) is 80.6 Å². The second kappa shape index (κ2) is 40.5. The van der Waals surface area contributed by atoms with Crippen LogP contribution in [0.15, 0.2) is 72.9 Å². The number of quaternary nitrogens is 1. The third-order valence-corrected chi connectivity index (χ3v) is 10.0. The lowest BCUT2D eigenvalue weighted by Gasteiger charge is -2.31. The van der Waals surface area contributed by atoms with Gasteiger partial charge in [-0.05, 0) is 32.1 Å². The normalized spacial score (nSPS) is 13.6. The van der Waals surface area contributed by atoms with E-state index in [9.17, 15) is 19.5 Å². The molecule has 0 saturated heterocycles. The quantitative estimate of drug-likeness (QED) is 0.0285. The van der Waals surface area contributed by atoms with Gasteiger partial charge in [-0.15, -0.1) is 0 Å². The number of carbonyl (C=O) groups excluding carboxylic acids is 2. The van der Waals surface area contributed by atoms with Crippen LogP contribution >= 0.6 is 0 Å². The van der Waals surface area contributed by atoms with Crippen LogP contribution in [-0.2, 0) is 28.6 Å². The fourth-order valence-electron chi connectivity index (χ4n) is 6.48. The molecular formula is C50H86NO7+. The van der Waals surface area contributed by atoms with E-state index in [-0.39, 0.29) is 36.2 Å². The molecule has 0 aliphatic rings. The zero-order valence-electron chi connectivity index (χ0n) is 37.7. The first-order chi connectivity index (χ1) is 28.1. The zero-order chi connectivity index (χ0) is 42.8. The van der Waals surface area contributed by atoms with Crippen LogP contribution in [0.4, 0.5) is 0 Å². The van der Waals surface area contributed by atoms with E-state index in [1.54, 1.807) is 0 Å². The zero-order valence-corrected chi connectivity index (χ0v) is 37.7. The number of unbranched alkanes of at least 4 members (excludes halogenated alkanes) is 19. The van der Waals surface area contributed by atoms with Gasteiger partial charge in [0.15, 0.2) is 12.1 Å². The summed E-state index contributed by atoms with van der Waals surface area (Å²) in [6.45, 7) is 4.55. The molecule has 8 nitrogen and oxygen atoms in total. The topological polar surface area (TPSA) is 99.1 Å². The van der Waals surface area contributed by atoms with Crippen LogP contribution in [0, 0.1) is 0 Å². The van der Waals surface area contributed by atoms with Crippen LogP contribution in [0.2, 0.25) is 0 Å². The maximum atomic E-state index is 12.7. The highest BCUT2D eigenvalue weighted by molar-refractivity contribution is 5.72. The molecule has 58 heavy (non-hydrogen) atoms. The van der Waals surface area contributed by atoms with Crippen LogP contribution < -0.4 is 0 Å². The minimum absolute atomic E-state index is 0.0447. The van der Waals surface area contributed by atoms with Crippen LogP contribution in [0.25, 0.3) is 0 Å². The van der Waals surface area contributed by atoms with Crippen molar-refractivity contribution in [1.29, 1.82) is 0 Å². The summed E-state index contributed by atoms with van der Waals surface area (Å²) in [6, 6.07) is -0.624. The summed E-state index contributed by atoms with van der Waals surface area (Å²) in [5.74, 6) is -1.52. The molecular weight excluding hydrogens is 727 g/mol. The van der Waals surface area contributed by atoms with Gasteiger partial charge in [-0.1, -0.05) is 196 Å². The van der Waals surface area contributed by atoms with Crippen molar-refractivity contribution in [3.05, 3.63) is 72.9 Å². The number of rotatable bonds is 40. The summed E-state index contributed by atoms with van der Waals surface area (Å²) in [4.78, 5) is 37.0. The number of hydrogen-bond donors (Lipinski definition) is 1. The van der Waals surface area contributed by atoms with Gasteiger partial charge in [0, 0.05) is 19.3 Å². The Bertz CT molecular complexity index is 1180. The minimum Gasteiger partial charge on any atom is -0.477 e. The second-order valence-electron chi connectivity index (χ2n) is 16.4. The van der Waals surface area contributed by atoms with E-state index in [0.29, 0.717) is 19.3 Å². The molecule has 0 heterocycles. The van der Waals surface area contributed by atoms with Crippen molar-refractivity contribution < 1.29 is 38.2 Å². The van der Waals surface area contributed by atoms with Gasteiger partial charge in [-0.25, -0.2) is 4.79 Å². The summed E-state index contributed by atoms with van der Waals surface area (Å²) in [6.07, 6.45) is 50.8. The molecule has 0 aliphatic carbocycles. The lowest BCUT2D eigenvalue weighted by atomic mass is 10.0. The lowest BCUT2D eigenvalue weighted by Crippen LogP contribution is -2.50. The number of esters is 2. The van der Waals surface area contributed by atoms with E-state index >= 15 is 0 Å². The molecule has 8 heteroatoms. The van der Waals surface area contributed by atoms with Crippen molar-refractivity contribution >= 4 is 17.9 Å². The molecule has 0 bridgehead atoms. The number of hydrogen-bond acceptors (Lipinski definition) is 6. The molecule has 0 aromatic heterocycles. The Kier molecular flexibility index (Phi) is 38.3. The molecule has 332 valence electrons. The van der Waals surface area contributed by atoms with Crippen molar-refractivity contribution in [2.75, 3.05) is 41.0 Å². The number of nitrogens with zero attached hydrogens (tertiary/aromatic N) is 1. The SMILES string of the molecule is CC/C=C/C=C/C=C/C=C/C=C/C=C/CCCCCC(=O)OCC(COCCC(C(=O)O)[N+](C)(C)C)OC(=O)CCCCCCCCCCCCCCCCCCC. The molecule has 0 radical (unpaired) electrons. The molecule has 0 aliphatic heterocycles. The Labute approximate surface area is 355 Å². The average molecular weight is 813 g/mol.